The molecule has 0 saturated heterocycles. The average Bonchev–Trinajstić information content (AvgIpc) is 3.07. The van der Waals surface area contributed by atoms with E-state index in [1.165, 1.54) is 4.88 Å². The first-order valence-corrected chi connectivity index (χ1v) is 8.43. The van der Waals surface area contributed by atoms with Crippen LogP contribution in [0.3, 0.4) is 0 Å². The van der Waals surface area contributed by atoms with Crippen molar-refractivity contribution < 1.29 is 4.79 Å². The molecule has 0 fully saturated rings. The molecule has 4 nitrogen and oxygen atoms in total. The first-order valence-electron chi connectivity index (χ1n) is 7.55. The van der Waals surface area contributed by atoms with Gasteiger partial charge < -0.3 is 10.2 Å². The Morgan fingerprint density at radius 2 is 2.04 bits per heavy atom. The fourth-order valence-electron chi connectivity index (χ4n) is 2.32. The van der Waals surface area contributed by atoms with E-state index in [1.807, 2.05) is 32.3 Å². The Morgan fingerprint density at radius 1 is 1.30 bits per heavy atom. The van der Waals surface area contributed by atoms with Gasteiger partial charge in [-0.05, 0) is 49.7 Å². The molecule has 1 unspecified atom stereocenters. The molecule has 0 aliphatic rings. The third kappa shape index (κ3) is 5.20. The van der Waals surface area contributed by atoms with E-state index in [9.17, 15) is 4.79 Å². The van der Waals surface area contributed by atoms with Crippen molar-refractivity contribution in [3.05, 3.63) is 57.8 Å². The van der Waals surface area contributed by atoms with Crippen molar-refractivity contribution in [1.29, 1.82) is 5.26 Å². The van der Waals surface area contributed by atoms with Gasteiger partial charge in [0, 0.05) is 17.8 Å². The molecule has 0 aliphatic carbocycles. The summed E-state index contributed by atoms with van der Waals surface area (Å²) in [6.45, 7) is 0.611. The first-order chi connectivity index (χ1) is 11.1. The third-order valence-electron chi connectivity index (χ3n) is 3.71. The predicted octanol–water partition coefficient (Wildman–Crippen LogP) is 2.97. The van der Waals surface area contributed by atoms with Gasteiger partial charge in [0.15, 0.2) is 0 Å². The van der Waals surface area contributed by atoms with Crippen LogP contribution in [0.2, 0.25) is 0 Å². The van der Waals surface area contributed by atoms with Crippen LogP contribution in [0, 0.1) is 11.3 Å². The van der Waals surface area contributed by atoms with Crippen LogP contribution in [0.1, 0.15) is 28.5 Å². The number of rotatable bonds is 7. The fraction of sp³-hybridized carbons (Fsp3) is 0.333. The van der Waals surface area contributed by atoms with E-state index in [-0.39, 0.29) is 11.9 Å². The first kappa shape index (κ1) is 17.2. The maximum atomic E-state index is 12.1. The molecule has 0 aliphatic heterocycles. The SMILES string of the molecule is CN(C)C(CNC(=O)CCc1ccc(C#N)cc1)c1cccs1. The molecular formula is C18H21N3OS. The Kier molecular flexibility index (Phi) is 6.33. The standard InChI is InChI=1S/C18H21N3OS/c1-21(2)16(17-4-3-11-23-17)13-20-18(22)10-9-14-5-7-15(12-19)8-6-14/h3-8,11,16H,9-10,13H2,1-2H3,(H,20,22). The van der Waals surface area contributed by atoms with Gasteiger partial charge in [0.05, 0.1) is 17.7 Å². The minimum absolute atomic E-state index is 0.0535. The third-order valence-corrected chi connectivity index (χ3v) is 4.68. The monoisotopic (exact) mass is 327 g/mol. The van der Waals surface area contributed by atoms with Crippen LogP contribution in [-0.4, -0.2) is 31.4 Å². The molecule has 1 N–H and O–H groups in total. The van der Waals surface area contributed by atoms with Gasteiger partial charge in [0.25, 0.3) is 0 Å². The van der Waals surface area contributed by atoms with Crippen LogP contribution in [0.25, 0.3) is 0 Å². The lowest BCUT2D eigenvalue weighted by molar-refractivity contribution is -0.121. The summed E-state index contributed by atoms with van der Waals surface area (Å²) >= 11 is 1.71. The van der Waals surface area contributed by atoms with Crippen molar-refractivity contribution in [2.24, 2.45) is 0 Å². The molecule has 0 spiro atoms. The fourth-order valence-corrected chi connectivity index (χ4v) is 3.24. The van der Waals surface area contributed by atoms with Crippen LogP contribution < -0.4 is 5.32 Å². The Bertz CT molecular complexity index is 657. The molecule has 1 atom stereocenters. The van der Waals surface area contributed by atoms with Gasteiger partial charge in [-0.1, -0.05) is 18.2 Å². The molecular weight excluding hydrogens is 306 g/mol. The predicted molar refractivity (Wildman–Crippen MR) is 93.2 cm³/mol. The summed E-state index contributed by atoms with van der Waals surface area (Å²) in [7, 11) is 4.04. The van der Waals surface area contributed by atoms with Crippen molar-refractivity contribution >= 4 is 17.2 Å². The number of carbonyl (C=O) groups excluding carboxylic acids is 1. The Morgan fingerprint density at radius 3 is 2.61 bits per heavy atom. The number of amides is 1. The Balaban J connectivity index is 1.81. The summed E-state index contributed by atoms with van der Waals surface area (Å²) < 4.78 is 0. The normalized spacial score (nSPS) is 11.9. The minimum atomic E-state index is 0.0535. The number of nitrogens with zero attached hydrogens (tertiary/aromatic N) is 2. The summed E-state index contributed by atoms with van der Waals surface area (Å²) in [5.74, 6) is 0.0535. The number of nitrogens with one attached hydrogen (secondary N) is 1. The van der Waals surface area contributed by atoms with Gasteiger partial charge in [0.1, 0.15) is 0 Å². The van der Waals surface area contributed by atoms with Crippen LogP contribution in [0.4, 0.5) is 0 Å². The summed E-state index contributed by atoms with van der Waals surface area (Å²) in [5.41, 5.74) is 1.71. The van der Waals surface area contributed by atoms with E-state index in [0.717, 1.165) is 5.56 Å². The molecule has 1 heterocycles. The zero-order valence-electron chi connectivity index (χ0n) is 13.5. The second kappa shape index (κ2) is 8.47. The zero-order chi connectivity index (χ0) is 16.7. The highest BCUT2D eigenvalue weighted by Gasteiger charge is 2.16. The minimum Gasteiger partial charge on any atom is -0.354 e. The highest BCUT2D eigenvalue weighted by molar-refractivity contribution is 7.10. The largest absolute Gasteiger partial charge is 0.354 e. The quantitative estimate of drug-likeness (QED) is 0.850. The smallest absolute Gasteiger partial charge is 0.220 e. The summed E-state index contributed by atoms with van der Waals surface area (Å²) in [4.78, 5) is 15.4. The Labute approximate surface area is 141 Å². The highest BCUT2D eigenvalue weighted by Crippen LogP contribution is 2.22. The second-order valence-electron chi connectivity index (χ2n) is 5.61. The average molecular weight is 327 g/mol. The van der Waals surface area contributed by atoms with Crippen LogP contribution >= 0.6 is 11.3 Å². The summed E-state index contributed by atoms with van der Waals surface area (Å²) in [6, 6.07) is 13.8. The molecule has 0 saturated carbocycles. The van der Waals surface area contributed by atoms with Gasteiger partial charge in [0.2, 0.25) is 5.91 Å². The number of aryl methyl sites for hydroxylation is 1. The van der Waals surface area contributed by atoms with Crippen molar-refractivity contribution in [3.8, 4) is 6.07 Å². The van der Waals surface area contributed by atoms with Crippen molar-refractivity contribution in [2.75, 3.05) is 20.6 Å². The number of carbonyl (C=O) groups is 1. The molecule has 1 aromatic heterocycles. The number of benzene rings is 1. The van der Waals surface area contributed by atoms with Crippen LogP contribution in [0.15, 0.2) is 41.8 Å². The van der Waals surface area contributed by atoms with Gasteiger partial charge in [-0.25, -0.2) is 0 Å². The maximum Gasteiger partial charge on any atom is 0.220 e. The van der Waals surface area contributed by atoms with Gasteiger partial charge >= 0.3 is 0 Å². The van der Waals surface area contributed by atoms with Crippen molar-refractivity contribution in [3.63, 3.8) is 0 Å². The lowest BCUT2D eigenvalue weighted by Crippen LogP contribution is -2.34. The van der Waals surface area contributed by atoms with E-state index >= 15 is 0 Å². The van der Waals surface area contributed by atoms with Gasteiger partial charge in [-0.2, -0.15) is 5.26 Å². The summed E-state index contributed by atoms with van der Waals surface area (Å²) in [5, 5.41) is 13.8. The van der Waals surface area contributed by atoms with Crippen LogP contribution in [0.5, 0.6) is 0 Å². The summed E-state index contributed by atoms with van der Waals surface area (Å²) in [6.07, 6.45) is 1.14. The molecule has 0 radical (unpaired) electrons. The van der Waals surface area contributed by atoms with Crippen molar-refractivity contribution in [2.45, 2.75) is 18.9 Å². The molecule has 2 rings (SSSR count). The zero-order valence-corrected chi connectivity index (χ0v) is 14.3. The molecule has 1 aromatic carbocycles. The highest BCUT2D eigenvalue weighted by atomic mass is 32.1. The molecule has 5 heteroatoms. The molecule has 0 bridgehead atoms. The molecule has 2 aromatic rings. The maximum absolute atomic E-state index is 12.1. The topological polar surface area (TPSA) is 56.1 Å². The molecule has 1 amide bonds. The number of nitriles is 1. The van der Waals surface area contributed by atoms with Crippen LogP contribution in [-0.2, 0) is 11.2 Å². The second-order valence-corrected chi connectivity index (χ2v) is 6.59. The Hall–Kier alpha value is -2.16. The molecule has 23 heavy (non-hydrogen) atoms. The van der Waals surface area contributed by atoms with E-state index in [1.54, 1.807) is 23.5 Å². The number of likely N-dealkylation sites (N-methyl/N-ethyl adjacent to an activating group) is 1. The van der Waals surface area contributed by atoms with E-state index in [2.05, 4.69) is 27.7 Å². The number of thiophene rings is 1. The number of hydrogen-bond donors (Lipinski definition) is 1. The van der Waals surface area contributed by atoms with Gasteiger partial charge in [-0.3, -0.25) is 4.79 Å². The van der Waals surface area contributed by atoms with E-state index in [0.29, 0.717) is 24.9 Å². The number of hydrogen-bond acceptors (Lipinski definition) is 4. The van der Waals surface area contributed by atoms with E-state index < -0.39 is 0 Å². The lowest BCUT2D eigenvalue weighted by atomic mass is 10.1. The lowest BCUT2D eigenvalue weighted by Gasteiger charge is -2.23. The molecule has 120 valence electrons. The van der Waals surface area contributed by atoms with Gasteiger partial charge in [-0.15, -0.1) is 11.3 Å². The van der Waals surface area contributed by atoms with E-state index in [4.69, 9.17) is 5.26 Å². The van der Waals surface area contributed by atoms with Crippen molar-refractivity contribution in [1.82, 2.24) is 10.2 Å².